The monoisotopic (exact) mass is 587 g/mol. The minimum Gasteiger partial charge on any atom is -0.497 e. The molecule has 0 aliphatic carbocycles. The normalized spacial score (nSPS) is 14.0. The van der Waals surface area contributed by atoms with Crippen molar-refractivity contribution in [2.24, 2.45) is 0 Å². The molecular weight excluding hydrogens is 558 g/mol. The molecule has 3 aromatic carbocycles. The Morgan fingerprint density at radius 3 is 2.46 bits per heavy atom. The summed E-state index contributed by atoms with van der Waals surface area (Å²) in [6.07, 6.45) is 0. The molecule has 4 aromatic rings. The van der Waals surface area contributed by atoms with Gasteiger partial charge in [-0.05, 0) is 42.5 Å². The molecule has 1 fully saturated rings. The number of hydrogen-bond acceptors (Lipinski definition) is 8. The van der Waals surface area contributed by atoms with Crippen LogP contribution in [0.1, 0.15) is 10.4 Å². The smallest absolute Gasteiger partial charge is 0.261 e. The van der Waals surface area contributed by atoms with Crippen LogP contribution in [0.3, 0.4) is 0 Å². The van der Waals surface area contributed by atoms with E-state index in [1.54, 1.807) is 60.9 Å². The lowest BCUT2D eigenvalue weighted by Gasteiger charge is -2.34. The summed E-state index contributed by atoms with van der Waals surface area (Å²) in [6, 6.07) is 20.6. The van der Waals surface area contributed by atoms with Crippen molar-refractivity contribution in [3.8, 4) is 5.75 Å². The first-order valence-electron chi connectivity index (χ1n) is 12.3. The number of piperazine rings is 1. The Hall–Kier alpha value is -3.38. The van der Waals surface area contributed by atoms with Crippen LogP contribution in [0.15, 0.2) is 77.7 Å². The van der Waals surface area contributed by atoms with Gasteiger partial charge in [-0.25, -0.2) is 13.4 Å². The second kappa shape index (κ2) is 12.6. The number of ether oxygens (including phenoxy) is 1. The van der Waals surface area contributed by atoms with E-state index in [1.807, 2.05) is 18.2 Å². The van der Waals surface area contributed by atoms with Crippen molar-refractivity contribution < 1.29 is 17.9 Å². The maximum Gasteiger partial charge on any atom is 0.261 e. The van der Waals surface area contributed by atoms with Crippen molar-refractivity contribution in [2.45, 2.75) is 4.90 Å². The van der Waals surface area contributed by atoms with Crippen LogP contribution in [0.2, 0.25) is 0 Å². The predicted molar refractivity (Wildman–Crippen MR) is 158 cm³/mol. The van der Waals surface area contributed by atoms with Gasteiger partial charge in [-0.1, -0.05) is 41.7 Å². The molecule has 0 saturated carbocycles. The van der Waals surface area contributed by atoms with Crippen LogP contribution in [-0.4, -0.2) is 70.6 Å². The maximum absolute atomic E-state index is 12.9. The SMILES string of the molecule is COc1ccc2nc(N3CCN(CCNC(=O)c4ccccc4NS(=O)(=O)c4ccccc4)CC3)sc2c1.Cl. The molecular formula is C27H30ClN5O4S2. The molecule has 0 spiro atoms. The third kappa shape index (κ3) is 6.80. The van der Waals surface area contributed by atoms with Gasteiger partial charge in [-0.3, -0.25) is 14.4 Å². The zero-order valence-corrected chi connectivity index (χ0v) is 23.8. The van der Waals surface area contributed by atoms with E-state index in [1.165, 1.54) is 12.1 Å². The largest absolute Gasteiger partial charge is 0.497 e. The molecule has 0 atom stereocenters. The lowest BCUT2D eigenvalue weighted by atomic mass is 10.1. The second-order valence-corrected chi connectivity index (χ2v) is 11.6. The molecule has 1 amide bonds. The standard InChI is InChI=1S/C27H29N5O4S2.ClH/c1-36-20-11-12-24-25(19-20)37-27(29-24)32-17-15-31(16-18-32)14-13-28-26(33)22-9-5-6-10-23(22)30-38(34,35)21-7-3-2-4-8-21;/h2-12,19,30H,13-18H2,1H3,(H,28,33);1H. The summed E-state index contributed by atoms with van der Waals surface area (Å²) < 4.78 is 34.5. The number of hydrogen-bond donors (Lipinski definition) is 2. The first-order valence-corrected chi connectivity index (χ1v) is 14.6. The van der Waals surface area contributed by atoms with Crippen molar-refractivity contribution in [1.82, 2.24) is 15.2 Å². The maximum atomic E-state index is 12.9. The van der Waals surface area contributed by atoms with Gasteiger partial charge in [0.1, 0.15) is 5.75 Å². The number of nitrogens with zero attached hydrogens (tertiary/aromatic N) is 3. The summed E-state index contributed by atoms with van der Waals surface area (Å²) in [5.41, 5.74) is 1.50. The van der Waals surface area contributed by atoms with E-state index in [0.29, 0.717) is 13.1 Å². The van der Waals surface area contributed by atoms with E-state index in [4.69, 9.17) is 9.72 Å². The average Bonchev–Trinajstić information content (AvgIpc) is 3.37. The van der Waals surface area contributed by atoms with Gasteiger partial charge in [0.15, 0.2) is 5.13 Å². The summed E-state index contributed by atoms with van der Waals surface area (Å²) in [5.74, 6) is 0.510. The lowest BCUT2D eigenvalue weighted by molar-refractivity contribution is 0.0948. The Balaban J connectivity index is 0.00000353. The summed E-state index contributed by atoms with van der Waals surface area (Å²) in [4.78, 5) is 22.4. The number of anilines is 2. The number of para-hydroxylation sites is 1. The van der Waals surface area contributed by atoms with Gasteiger partial charge in [0.25, 0.3) is 15.9 Å². The molecule has 0 radical (unpaired) electrons. The van der Waals surface area contributed by atoms with Gasteiger partial charge < -0.3 is 15.0 Å². The number of rotatable bonds is 9. The Labute approximate surface area is 238 Å². The fourth-order valence-corrected chi connectivity index (χ4v) is 6.46. The number of carbonyl (C=O) groups is 1. The third-order valence-electron chi connectivity index (χ3n) is 6.41. The number of fused-ring (bicyclic) bond motifs is 1. The molecule has 1 aliphatic rings. The molecule has 2 N–H and O–H groups in total. The van der Waals surface area contributed by atoms with Gasteiger partial charge in [0.05, 0.1) is 33.5 Å². The first-order chi connectivity index (χ1) is 18.4. The van der Waals surface area contributed by atoms with E-state index in [2.05, 4.69) is 19.8 Å². The fraction of sp³-hybridized carbons (Fsp3) is 0.259. The molecule has 0 unspecified atom stereocenters. The predicted octanol–water partition coefficient (Wildman–Crippen LogP) is 4.08. The van der Waals surface area contributed by atoms with Gasteiger partial charge >= 0.3 is 0 Å². The quantitative estimate of drug-likeness (QED) is 0.304. The van der Waals surface area contributed by atoms with Crippen molar-refractivity contribution in [3.05, 3.63) is 78.4 Å². The van der Waals surface area contributed by atoms with Crippen LogP contribution in [0.5, 0.6) is 5.75 Å². The summed E-state index contributed by atoms with van der Waals surface area (Å²) >= 11 is 1.67. The number of benzene rings is 3. The molecule has 1 aromatic heterocycles. The minimum absolute atomic E-state index is 0. The number of thiazole rings is 1. The lowest BCUT2D eigenvalue weighted by Crippen LogP contribution is -2.48. The van der Waals surface area contributed by atoms with E-state index in [9.17, 15) is 13.2 Å². The number of aromatic nitrogens is 1. The Bertz CT molecular complexity index is 1520. The molecule has 206 valence electrons. The topological polar surface area (TPSA) is 104 Å². The van der Waals surface area contributed by atoms with Gasteiger partial charge in [-0.15, -0.1) is 12.4 Å². The molecule has 12 heteroatoms. The number of methoxy groups -OCH3 is 1. The molecule has 39 heavy (non-hydrogen) atoms. The van der Waals surface area contributed by atoms with E-state index in [-0.39, 0.29) is 34.5 Å². The Morgan fingerprint density at radius 2 is 1.72 bits per heavy atom. The van der Waals surface area contributed by atoms with E-state index < -0.39 is 10.0 Å². The molecule has 2 heterocycles. The zero-order chi connectivity index (χ0) is 26.5. The summed E-state index contributed by atoms with van der Waals surface area (Å²) in [6.45, 7) is 4.60. The zero-order valence-electron chi connectivity index (χ0n) is 21.4. The van der Waals surface area contributed by atoms with Crippen LogP contribution in [-0.2, 0) is 10.0 Å². The molecule has 9 nitrogen and oxygen atoms in total. The van der Waals surface area contributed by atoms with Crippen LogP contribution >= 0.6 is 23.7 Å². The van der Waals surface area contributed by atoms with Crippen molar-refractivity contribution >= 4 is 60.7 Å². The number of halogens is 1. The fourth-order valence-electron chi connectivity index (χ4n) is 4.31. The van der Waals surface area contributed by atoms with Crippen LogP contribution < -0.4 is 19.7 Å². The van der Waals surface area contributed by atoms with E-state index >= 15 is 0 Å². The van der Waals surface area contributed by atoms with E-state index in [0.717, 1.165) is 47.3 Å². The van der Waals surface area contributed by atoms with Crippen LogP contribution in [0, 0.1) is 0 Å². The van der Waals surface area contributed by atoms with Gasteiger partial charge in [0.2, 0.25) is 0 Å². The third-order valence-corrected chi connectivity index (χ3v) is 8.87. The van der Waals surface area contributed by atoms with Crippen molar-refractivity contribution in [2.75, 3.05) is 56.0 Å². The Morgan fingerprint density at radius 1 is 1.00 bits per heavy atom. The highest BCUT2D eigenvalue weighted by molar-refractivity contribution is 7.92. The number of amides is 1. The number of sulfonamides is 1. The highest BCUT2D eigenvalue weighted by Crippen LogP contribution is 2.31. The average molecular weight is 588 g/mol. The molecule has 0 bridgehead atoms. The summed E-state index contributed by atoms with van der Waals surface area (Å²) in [5, 5.41) is 3.94. The molecule has 1 saturated heterocycles. The van der Waals surface area contributed by atoms with Gasteiger partial charge in [0, 0.05) is 39.3 Å². The minimum atomic E-state index is -3.80. The van der Waals surface area contributed by atoms with Gasteiger partial charge in [-0.2, -0.15) is 0 Å². The van der Waals surface area contributed by atoms with Crippen LogP contribution in [0.25, 0.3) is 10.2 Å². The summed E-state index contributed by atoms with van der Waals surface area (Å²) in [7, 11) is -2.14. The molecule has 1 aliphatic heterocycles. The Kier molecular flexibility index (Phi) is 9.28. The number of carbonyl (C=O) groups excluding carboxylic acids is 1. The highest BCUT2D eigenvalue weighted by Gasteiger charge is 2.21. The first kappa shape index (κ1) is 28.6. The van der Waals surface area contributed by atoms with Crippen molar-refractivity contribution in [1.29, 1.82) is 0 Å². The molecule has 5 rings (SSSR count). The second-order valence-electron chi connectivity index (χ2n) is 8.88. The van der Waals surface area contributed by atoms with Crippen molar-refractivity contribution in [3.63, 3.8) is 0 Å². The highest BCUT2D eigenvalue weighted by atomic mass is 35.5. The number of nitrogens with one attached hydrogen (secondary N) is 2. The van der Waals surface area contributed by atoms with Crippen LogP contribution in [0.4, 0.5) is 10.8 Å².